The second kappa shape index (κ2) is 3.36. The second-order valence-electron chi connectivity index (χ2n) is 1.75. The molecule has 0 heterocycles. The maximum atomic E-state index is 5.59. The normalized spacial score (nSPS) is 12.2. The van der Waals surface area contributed by atoms with Gasteiger partial charge in [-0.1, -0.05) is 24.8 Å². The first kappa shape index (κ1) is 8.31. The van der Waals surface area contributed by atoms with Crippen LogP contribution in [-0.4, -0.2) is 0 Å². The first-order valence-electron chi connectivity index (χ1n) is 2.53. The summed E-state index contributed by atoms with van der Waals surface area (Å²) in [7, 11) is 0. The molecule has 50 valence electrons. The molecule has 1 nitrogen and oxygen atoms in total. The Kier molecular flexibility index (Phi) is 3.10. The van der Waals surface area contributed by atoms with E-state index in [-0.39, 0.29) is 0 Å². The largest absolute Gasteiger partial charge is 0.397 e. The van der Waals surface area contributed by atoms with Crippen molar-refractivity contribution in [1.82, 2.24) is 0 Å². The summed E-state index contributed by atoms with van der Waals surface area (Å²) in [6.07, 6.45) is 1.49. The number of hydrogen-bond acceptors (Lipinski definition) is 1. The van der Waals surface area contributed by atoms with E-state index in [0.29, 0.717) is 10.7 Å². The van der Waals surface area contributed by atoms with Gasteiger partial charge in [-0.3, -0.25) is 0 Å². The summed E-state index contributed by atoms with van der Waals surface area (Å²) in [6.45, 7) is 8.85. The summed E-state index contributed by atoms with van der Waals surface area (Å²) in [5, 5.41) is 0.461. The van der Waals surface area contributed by atoms with E-state index >= 15 is 0 Å². The van der Waals surface area contributed by atoms with Gasteiger partial charge in [-0.15, -0.1) is 0 Å². The standard InChI is InChI=1S/C7H10ClN/c1-4-6(8)7(9)5(2)3/h4H,1-2,9H2,3H3/b7-6-. The quantitative estimate of drug-likeness (QED) is 0.589. The van der Waals surface area contributed by atoms with E-state index in [1.54, 1.807) is 6.92 Å². The molecule has 0 saturated heterocycles. The summed E-state index contributed by atoms with van der Waals surface area (Å²) in [5.41, 5.74) is 6.72. The Morgan fingerprint density at radius 1 is 1.67 bits per heavy atom. The third kappa shape index (κ3) is 2.38. The Balaban J connectivity index is 4.47. The van der Waals surface area contributed by atoms with Crippen molar-refractivity contribution in [2.24, 2.45) is 5.73 Å². The molecular weight excluding hydrogens is 134 g/mol. The van der Waals surface area contributed by atoms with Crippen molar-refractivity contribution in [3.05, 3.63) is 35.5 Å². The molecule has 0 rings (SSSR count). The molecule has 0 saturated carbocycles. The van der Waals surface area contributed by atoms with Gasteiger partial charge in [0, 0.05) is 0 Å². The maximum absolute atomic E-state index is 5.59. The van der Waals surface area contributed by atoms with Crippen LogP contribution in [0.15, 0.2) is 35.5 Å². The van der Waals surface area contributed by atoms with Crippen molar-refractivity contribution < 1.29 is 0 Å². The van der Waals surface area contributed by atoms with Gasteiger partial charge in [0.1, 0.15) is 0 Å². The number of rotatable bonds is 2. The molecule has 0 unspecified atom stereocenters. The Bertz CT molecular complexity index is 168. The number of halogens is 1. The third-order valence-electron chi connectivity index (χ3n) is 0.896. The molecule has 0 aliphatic rings. The van der Waals surface area contributed by atoms with Crippen molar-refractivity contribution in [2.75, 3.05) is 0 Å². The van der Waals surface area contributed by atoms with Crippen molar-refractivity contribution in [3.63, 3.8) is 0 Å². The highest BCUT2D eigenvalue weighted by Crippen LogP contribution is 2.10. The predicted molar refractivity (Wildman–Crippen MR) is 42.1 cm³/mol. The predicted octanol–water partition coefficient (Wildman–Crippen LogP) is 2.16. The lowest BCUT2D eigenvalue weighted by Gasteiger charge is -1.98. The Morgan fingerprint density at radius 2 is 2.11 bits per heavy atom. The lowest BCUT2D eigenvalue weighted by molar-refractivity contribution is 1.29. The zero-order chi connectivity index (χ0) is 7.44. The first-order valence-corrected chi connectivity index (χ1v) is 2.91. The van der Waals surface area contributed by atoms with Crippen molar-refractivity contribution in [3.8, 4) is 0 Å². The molecule has 0 fully saturated rings. The zero-order valence-electron chi connectivity index (χ0n) is 5.45. The van der Waals surface area contributed by atoms with Gasteiger partial charge >= 0.3 is 0 Å². The molecule has 9 heavy (non-hydrogen) atoms. The molecule has 0 amide bonds. The number of hydrogen-bond donors (Lipinski definition) is 1. The van der Waals surface area contributed by atoms with Gasteiger partial charge in [-0.25, -0.2) is 0 Å². The third-order valence-corrected chi connectivity index (χ3v) is 1.25. The highest BCUT2D eigenvalue weighted by atomic mass is 35.5. The van der Waals surface area contributed by atoms with Crippen molar-refractivity contribution in [2.45, 2.75) is 6.92 Å². The highest BCUT2D eigenvalue weighted by Gasteiger charge is 1.94. The molecule has 2 heteroatoms. The maximum Gasteiger partial charge on any atom is 0.0632 e. The molecule has 0 aromatic carbocycles. The number of nitrogens with two attached hydrogens (primary N) is 1. The summed E-state index contributed by atoms with van der Waals surface area (Å²) in [5.74, 6) is 0. The SMILES string of the molecule is C=C/C(Cl)=C(/N)C(=C)C. The van der Waals surface area contributed by atoms with Gasteiger partial charge in [0.05, 0.1) is 10.7 Å². The second-order valence-corrected chi connectivity index (χ2v) is 2.15. The van der Waals surface area contributed by atoms with Crippen LogP contribution in [0.5, 0.6) is 0 Å². The van der Waals surface area contributed by atoms with Gasteiger partial charge in [0.2, 0.25) is 0 Å². The lowest BCUT2D eigenvalue weighted by Crippen LogP contribution is -1.98. The smallest absolute Gasteiger partial charge is 0.0632 e. The molecule has 0 aromatic heterocycles. The minimum Gasteiger partial charge on any atom is -0.397 e. The first-order chi connectivity index (χ1) is 4.09. The van der Waals surface area contributed by atoms with Crippen LogP contribution in [0.3, 0.4) is 0 Å². The summed E-state index contributed by atoms with van der Waals surface area (Å²) < 4.78 is 0. The van der Waals surface area contributed by atoms with Crippen molar-refractivity contribution in [1.29, 1.82) is 0 Å². The monoisotopic (exact) mass is 143 g/mol. The fraction of sp³-hybridized carbons (Fsp3) is 0.143. The fourth-order valence-electron chi connectivity index (χ4n) is 0.314. The van der Waals surface area contributed by atoms with Crippen LogP contribution in [0.4, 0.5) is 0 Å². The molecule has 0 aliphatic heterocycles. The highest BCUT2D eigenvalue weighted by molar-refractivity contribution is 6.31. The fourth-order valence-corrected chi connectivity index (χ4v) is 0.475. The van der Waals surface area contributed by atoms with Gasteiger partial charge < -0.3 is 5.73 Å². The van der Waals surface area contributed by atoms with Crippen LogP contribution in [0.25, 0.3) is 0 Å². The average Bonchev–Trinajstić information content (AvgIpc) is 1.84. The average molecular weight is 144 g/mol. The minimum atomic E-state index is 0.461. The van der Waals surface area contributed by atoms with Gasteiger partial charge in [-0.05, 0) is 18.6 Å². The molecule has 0 aliphatic carbocycles. The van der Waals surface area contributed by atoms with E-state index in [4.69, 9.17) is 17.3 Å². The molecule has 0 bridgehead atoms. The zero-order valence-corrected chi connectivity index (χ0v) is 6.20. The molecule has 0 spiro atoms. The Hall–Kier alpha value is -0.690. The lowest BCUT2D eigenvalue weighted by atomic mass is 10.2. The van der Waals surface area contributed by atoms with Crippen LogP contribution in [0.1, 0.15) is 6.92 Å². The van der Waals surface area contributed by atoms with Crippen LogP contribution in [-0.2, 0) is 0 Å². The van der Waals surface area contributed by atoms with Crippen LogP contribution >= 0.6 is 11.6 Å². The molecular formula is C7H10ClN. The minimum absolute atomic E-state index is 0.461. The Labute approximate surface area is 60.5 Å². The molecule has 0 radical (unpaired) electrons. The summed E-state index contributed by atoms with van der Waals surface area (Å²) in [4.78, 5) is 0. The topological polar surface area (TPSA) is 26.0 Å². The van der Waals surface area contributed by atoms with Crippen LogP contribution < -0.4 is 5.73 Å². The summed E-state index contributed by atoms with van der Waals surface area (Å²) >= 11 is 5.59. The van der Waals surface area contributed by atoms with E-state index in [1.165, 1.54) is 6.08 Å². The molecule has 0 atom stereocenters. The number of allylic oxidation sites excluding steroid dienone is 3. The Morgan fingerprint density at radius 3 is 2.22 bits per heavy atom. The van der Waals surface area contributed by atoms with Gasteiger partial charge in [0.15, 0.2) is 0 Å². The van der Waals surface area contributed by atoms with E-state index < -0.39 is 0 Å². The molecule has 2 N–H and O–H groups in total. The van der Waals surface area contributed by atoms with E-state index in [9.17, 15) is 0 Å². The molecule has 0 aromatic rings. The van der Waals surface area contributed by atoms with Crippen LogP contribution in [0, 0.1) is 0 Å². The van der Waals surface area contributed by atoms with Crippen LogP contribution in [0.2, 0.25) is 0 Å². The van der Waals surface area contributed by atoms with E-state index in [0.717, 1.165) is 5.57 Å². The summed E-state index contributed by atoms with van der Waals surface area (Å²) in [6, 6.07) is 0. The van der Waals surface area contributed by atoms with Crippen molar-refractivity contribution >= 4 is 11.6 Å². The van der Waals surface area contributed by atoms with Gasteiger partial charge in [-0.2, -0.15) is 0 Å². The van der Waals surface area contributed by atoms with E-state index in [1.807, 2.05) is 0 Å². The van der Waals surface area contributed by atoms with Gasteiger partial charge in [0.25, 0.3) is 0 Å². The van der Waals surface area contributed by atoms with E-state index in [2.05, 4.69) is 13.2 Å².